The number of carbonyl (C=O) groups is 2. The number of likely N-dealkylation sites (tertiary alicyclic amines) is 1. The Kier molecular flexibility index (Phi) is 4.88. The molecule has 0 radical (unpaired) electrons. The number of amidine groups is 1. The topological polar surface area (TPSA) is 83.5 Å². The molecule has 1 saturated heterocycles. The van der Waals surface area contributed by atoms with Crippen molar-refractivity contribution in [3.63, 3.8) is 0 Å². The third-order valence-electron chi connectivity index (χ3n) is 5.56. The van der Waals surface area contributed by atoms with Crippen molar-refractivity contribution in [3.05, 3.63) is 23.8 Å². The minimum Gasteiger partial charge on any atom is -0.483 e. The van der Waals surface area contributed by atoms with E-state index in [0.29, 0.717) is 31.4 Å². The number of amides is 2. The Morgan fingerprint density at radius 3 is 2.69 bits per heavy atom. The van der Waals surface area contributed by atoms with Crippen LogP contribution in [0, 0.1) is 0 Å². The lowest BCUT2D eigenvalue weighted by Crippen LogP contribution is -2.55. The largest absolute Gasteiger partial charge is 0.483 e. The van der Waals surface area contributed by atoms with Crippen molar-refractivity contribution >= 4 is 23.5 Å². The highest BCUT2D eigenvalue weighted by Crippen LogP contribution is 2.39. The van der Waals surface area contributed by atoms with Crippen LogP contribution in [0.25, 0.3) is 0 Å². The molecule has 2 amide bonds. The van der Waals surface area contributed by atoms with Crippen molar-refractivity contribution < 1.29 is 19.1 Å². The highest BCUT2D eigenvalue weighted by molar-refractivity contribution is 6.09. The normalized spacial score (nSPS) is 22.1. The molecule has 3 heterocycles. The van der Waals surface area contributed by atoms with E-state index in [2.05, 4.69) is 22.7 Å². The van der Waals surface area contributed by atoms with Crippen LogP contribution in [0.4, 0.5) is 10.5 Å². The Balaban J connectivity index is 1.49. The predicted molar refractivity (Wildman–Crippen MR) is 109 cm³/mol. The van der Waals surface area contributed by atoms with Gasteiger partial charge in [-0.1, -0.05) is 6.07 Å². The molecule has 1 aromatic carbocycles. The summed E-state index contributed by atoms with van der Waals surface area (Å²) in [6, 6.07) is 5.83. The van der Waals surface area contributed by atoms with Crippen LogP contribution in [0.5, 0.6) is 5.75 Å². The van der Waals surface area contributed by atoms with Gasteiger partial charge in [0, 0.05) is 13.1 Å². The smallest absolute Gasteiger partial charge is 0.410 e. The number of nitrogens with one attached hydrogen (secondary N) is 1. The minimum atomic E-state index is -0.483. The van der Waals surface area contributed by atoms with Gasteiger partial charge in [0.25, 0.3) is 5.91 Å². The van der Waals surface area contributed by atoms with Gasteiger partial charge in [-0.05, 0) is 64.2 Å². The molecule has 4 rings (SSSR count). The molecule has 1 aromatic rings. The molecule has 8 heteroatoms. The van der Waals surface area contributed by atoms with Gasteiger partial charge >= 0.3 is 6.09 Å². The first kappa shape index (κ1) is 19.5. The number of fused-ring (bicyclic) bond motifs is 3. The molecule has 0 spiro atoms. The van der Waals surface area contributed by atoms with Gasteiger partial charge in [-0.2, -0.15) is 5.10 Å². The van der Waals surface area contributed by atoms with Gasteiger partial charge in [-0.3, -0.25) is 4.79 Å². The van der Waals surface area contributed by atoms with Crippen LogP contribution in [0.15, 0.2) is 23.3 Å². The van der Waals surface area contributed by atoms with Gasteiger partial charge in [0.2, 0.25) is 0 Å². The first-order valence-electron chi connectivity index (χ1n) is 10.1. The second-order valence-electron chi connectivity index (χ2n) is 8.81. The Morgan fingerprint density at radius 1 is 1.28 bits per heavy atom. The summed E-state index contributed by atoms with van der Waals surface area (Å²) in [4.78, 5) is 28.1. The van der Waals surface area contributed by atoms with Gasteiger partial charge in [0.15, 0.2) is 5.84 Å². The Hall–Kier alpha value is -2.77. The van der Waals surface area contributed by atoms with E-state index in [9.17, 15) is 9.59 Å². The lowest BCUT2D eigenvalue weighted by atomic mass is 9.89. The fraction of sp³-hybridized carbons (Fsp3) is 0.571. The molecule has 3 aliphatic heterocycles. The van der Waals surface area contributed by atoms with E-state index in [0.717, 1.165) is 24.3 Å². The molecule has 0 bridgehead atoms. The number of rotatable bonds is 1. The molecule has 0 aromatic heterocycles. The Morgan fingerprint density at radius 2 is 2.00 bits per heavy atom. The van der Waals surface area contributed by atoms with E-state index in [1.165, 1.54) is 5.56 Å². The SMILES string of the molecule is CC1C(=O)NN=C2COc3ccc(C4CCN(C(=O)OC(C)(C)C)CC4)cc3N21. The molecular weight excluding hydrogens is 372 g/mol. The van der Waals surface area contributed by atoms with Crippen LogP contribution >= 0.6 is 0 Å². The number of carbonyl (C=O) groups excluding carboxylic acids is 2. The molecule has 1 atom stereocenters. The van der Waals surface area contributed by atoms with Gasteiger partial charge in [0.05, 0.1) is 5.69 Å². The number of anilines is 1. The van der Waals surface area contributed by atoms with Crippen molar-refractivity contribution in [2.24, 2.45) is 5.10 Å². The first-order chi connectivity index (χ1) is 13.7. The summed E-state index contributed by atoms with van der Waals surface area (Å²) >= 11 is 0. The maximum Gasteiger partial charge on any atom is 0.410 e. The molecule has 1 fully saturated rings. The standard InChI is InChI=1S/C21H28N4O4/c1-13-19(26)23-22-18-12-28-17-6-5-15(11-16(17)25(13)18)14-7-9-24(10-8-14)20(27)29-21(2,3)4/h5-6,11,13-14H,7-10,12H2,1-4H3,(H,23,26). The second kappa shape index (κ2) is 7.24. The number of ether oxygens (including phenoxy) is 2. The summed E-state index contributed by atoms with van der Waals surface area (Å²) in [6.45, 7) is 9.19. The molecule has 1 N–H and O–H groups in total. The van der Waals surface area contributed by atoms with Crippen molar-refractivity contribution in [1.82, 2.24) is 10.3 Å². The maximum absolute atomic E-state index is 12.3. The van der Waals surface area contributed by atoms with E-state index in [1.807, 2.05) is 38.7 Å². The van der Waals surface area contributed by atoms with Gasteiger partial charge < -0.3 is 19.3 Å². The Labute approximate surface area is 170 Å². The molecule has 29 heavy (non-hydrogen) atoms. The lowest BCUT2D eigenvalue weighted by molar-refractivity contribution is -0.122. The first-order valence-corrected chi connectivity index (χ1v) is 10.1. The van der Waals surface area contributed by atoms with E-state index in [4.69, 9.17) is 9.47 Å². The number of benzene rings is 1. The maximum atomic E-state index is 12.3. The number of piperidine rings is 1. The quantitative estimate of drug-likeness (QED) is 0.784. The molecule has 3 aliphatic rings. The second-order valence-corrected chi connectivity index (χ2v) is 8.81. The van der Waals surface area contributed by atoms with Crippen LogP contribution in [0.3, 0.4) is 0 Å². The van der Waals surface area contributed by atoms with Crippen LogP contribution in [0.1, 0.15) is 52.0 Å². The van der Waals surface area contributed by atoms with Crippen molar-refractivity contribution in [2.75, 3.05) is 24.6 Å². The van der Waals surface area contributed by atoms with Crippen molar-refractivity contribution in [3.8, 4) is 5.75 Å². The van der Waals surface area contributed by atoms with E-state index in [-0.39, 0.29) is 18.0 Å². The molecule has 8 nitrogen and oxygen atoms in total. The zero-order chi connectivity index (χ0) is 20.8. The Bertz CT molecular complexity index is 853. The summed E-state index contributed by atoms with van der Waals surface area (Å²) in [5.74, 6) is 1.69. The molecule has 1 unspecified atom stereocenters. The number of hydrazone groups is 1. The number of hydrogen-bond acceptors (Lipinski definition) is 6. The van der Waals surface area contributed by atoms with E-state index in [1.54, 1.807) is 4.90 Å². The summed E-state index contributed by atoms with van der Waals surface area (Å²) in [7, 11) is 0. The average Bonchev–Trinajstić information content (AvgIpc) is 2.69. The number of nitrogens with zero attached hydrogens (tertiary/aromatic N) is 3. The zero-order valence-corrected chi connectivity index (χ0v) is 17.4. The highest BCUT2D eigenvalue weighted by Gasteiger charge is 2.36. The molecule has 156 valence electrons. The highest BCUT2D eigenvalue weighted by atomic mass is 16.6. The summed E-state index contributed by atoms with van der Waals surface area (Å²) in [6.07, 6.45) is 1.50. The summed E-state index contributed by atoms with van der Waals surface area (Å²) in [5.41, 5.74) is 4.14. The molecule has 0 aliphatic carbocycles. The van der Waals surface area contributed by atoms with E-state index < -0.39 is 5.60 Å². The zero-order valence-electron chi connectivity index (χ0n) is 17.4. The fourth-order valence-corrected chi connectivity index (χ4v) is 4.02. The molecule has 0 saturated carbocycles. The van der Waals surface area contributed by atoms with Crippen LogP contribution < -0.4 is 15.1 Å². The molecular formula is C21H28N4O4. The lowest BCUT2D eigenvalue weighted by Gasteiger charge is -2.39. The third-order valence-corrected chi connectivity index (χ3v) is 5.56. The van der Waals surface area contributed by atoms with Crippen LogP contribution in [-0.4, -0.2) is 54.1 Å². The summed E-state index contributed by atoms with van der Waals surface area (Å²) < 4.78 is 11.3. The third kappa shape index (κ3) is 3.88. The fourth-order valence-electron chi connectivity index (χ4n) is 4.02. The average molecular weight is 400 g/mol. The van der Waals surface area contributed by atoms with Crippen LogP contribution in [-0.2, 0) is 9.53 Å². The van der Waals surface area contributed by atoms with Crippen molar-refractivity contribution in [2.45, 2.75) is 58.1 Å². The predicted octanol–water partition coefficient (Wildman–Crippen LogP) is 2.83. The van der Waals surface area contributed by atoms with Crippen LogP contribution in [0.2, 0.25) is 0 Å². The minimum absolute atomic E-state index is 0.127. The summed E-state index contributed by atoms with van der Waals surface area (Å²) in [5, 5.41) is 4.14. The number of hydrogen-bond donors (Lipinski definition) is 1. The monoisotopic (exact) mass is 400 g/mol. The van der Waals surface area contributed by atoms with Crippen molar-refractivity contribution in [1.29, 1.82) is 0 Å². The van der Waals surface area contributed by atoms with Gasteiger partial charge in [0.1, 0.15) is 24.0 Å². The van der Waals surface area contributed by atoms with Gasteiger partial charge in [-0.15, -0.1) is 0 Å². The van der Waals surface area contributed by atoms with E-state index >= 15 is 0 Å². The van der Waals surface area contributed by atoms with Gasteiger partial charge in [-0.25, -0.2) is 10.2 Å².